The average Bonchev–Trinajstić information content (AvgIpc) is 2.88. The number of aromatic nitrogens is 3. The molecule has 0 fully saturated rings. The number of aryl methyl sites for hydroxylation is 2. The molecule has 6 nitrogen and oxygen atoms in total. The lowest BCUT2D eigenvalue weighted by atomic mass is 10.2. The molecule has 1 aliphatic rings. The predicted octanol–water partition coefficient (Wildman–Crippen LogP) is 2.64. The van der Waals surface area contributed by atoms with Crippen LogP contribution in [0.3, 0.4) is 0 Å². The maximum absolute atomic E-state index is 4.41. The highest BCUT2D eigenvalue weighted by molar-refractivity contribution is 5.79. The summed E-state index contributed by atoms with van der Waals surface area (Å²) < 4.78 is 2.34. The van der Waals surface area contributed by atoms with Gasteiger partial charge in [-0.1, -0.05) is 36.8 Å². The van der Waals surface area contributed by atoms with E-state index in [0.717, 1.165) is 50.7 Å². The molecule has 26 heavy (non-hydrogen) atoms. The summed E-state index contributed by atoms with van der Waals surface area (Å²) in [7, 11) is 3.91. The molecule has 1 N–H and O–H groups in total. The van der Waals surface area contributed by atoms with Gasteiger partial charge in [-0.25, -0.2) is 0 Å². The average molecular weight is 355 g/mol. The van der Waals surface area contributed by atoms with Crippen LogP contribution in [0.15, 0.2) is 35.3 Å². The van der Waals surface area contributed by atoms with Crippen LogP contribution in [0.2, 0.25) is 0 Å². The second-order valence-corrected chi connectivity index (χ2v) is 6.91. The van der Waals surface area contributed by atoms with Gasteiger partial charge in [0.2, 0.25) is 0 Å². The van der Waals surface area contributed by atoms with Gasteiger partial charge in [0, 0.05) is 46.6 Å². The summed E-state index contributed by atoms with van der Waals surface area (Å²) in [5, 5.41) is 12.3. The van der Waals surface area contributed by atoms with E-state index in [0.29, 0.717) is 0 Å². The van der Waals surface area contributed by atoms with Crippen molar-refractivity contribution in [2.75, 3.05) is 20.6 Å². The molecule has 0 bridgehead atoms. The zero-order valence-electron chi connectivity index (χ0n) is 16.0. The Kier molecular flexibility index (Phi) is 6.63. The van der Waals surface area contributed by atoms with Crippen molar-refractivity contribution >= 4 is 5.96 Å². The van der Waals surface area contributed by atoms with Crippen LogP contribution in [0.5, 0.6) is 0 Å². The molecule has 3 rings (SSSR count). The molecule has 0 atom stereocenters. The molecular formula is C20H30N6. The molecule has 2 heterocycles. The SMILES string of the molecule is CN=C(NCCCc1nnc2n1CCCCC2)N(C)Cc1ccccc1. The summed E-state index contributed by atoms with van der Waals surface area (Å²) in [6, 6.07) is 10.5. The quantitative estimate of drug-likeness (QED) is 0.492. The summed E-state index contributed by atoms with van der Waals surface area (Å²) in [5.41, 5.74) is 1.28. The van der Waals surface area contributed by atoms with Gasteiger partial charge in [-0.3, -0.25) is 4.99 Å². The lowest BCUT2D eigenvalue weighted by Gasteiger charge is -2.22. The molecule has 0 aliphatic carbocycles. The first-order valence-electron chi connectivity index (χ1n) is 9.64. The molecule has 0 amide bonds. The Morgan fingerprint density at radius 1 is 1.19 bits per heavy atom. The fraction of sp³-hybridized carbons (Fsp3) is 0.550. The summed E-state index contributed by atoms with van der Waals surface area (Å²) in [4.78, 5) is 6.55. The van der Waals surface area contributed by atoms with Crippen molar-refractivity contribution in [3.63, 3.8) is 0 Å². The molecule has 0 saturated carbocycles. The van der Waals surface area contributed by atoms with Crippen LogP contribution >= 0.6 is 0 Å². The zero-order valence-corrected chi connectivity index (χ0v) is 16.0. The fourth-order valence-corrected chi connectivity index (χ4v) is 3.49. The summed E-state index contributed by atoms with van der Waals surface area (Å²) in [6.45, 7) is 2.80. The van der Waals surface area contributed by atoms with E-state index < -0.39 is 0 Å². The van der Waals surface area contributed by atoms with Crippen molar-refractivity contribution in [2.45, 2.75) is 51.6 Å². The first-order chi connectivity index (χ1) is 12.8. The number of benzene rings is 1. The molecule has 0 radical (unpaired) electrons. The van der Waals surface area contributed by atoms with Crippen molar-refractivity contribution in [1.82, 2.24) is 25.0 Å². The normalized spacial score (nSPS) is 14.6. The minimum atomic E-state index is 0.845. The van der Waals surface area contributed by atoms with Crippen molar-refractivity contribution < 1.29 is 0 Å². The number of nitrogens with zero attached hydrogens (tertiary/aromatic N) is 5. The van der Waals surface area contributed by atoms with E-state index >= 15 is 0 Å². The van der Waals surface area contributed by atoms with Gasteiger partial charge >= 0.3 is 0 Å². The van der Waals surface area contributed by atoms with Crippen LogP contribution in [0, 0.1) is 0 Å². The molecule has 1 aromatic heterocycles. The molecule has 2 aromatic rings. The van der Waals surface area contributed by atoms with Crippen LogP contribution in [0.4, 0.5) is 0 Å². The van der Waals surface area contributed by atoms with Gasteiger partial charge in [-0.2, -0.15) is 0 Å². The molecule has 0 spiro atoms. The molecule has 1 aliphatic heterocycles. The van der Waals surface area contributed by atoms with Crippen LogP contribution in [0.1, 0.15) is 42.9 Å². The Hall–Kier alpha value is -2.37. The fourth-order valence-electron chi connectivity index (χ4n) is 3.49. The van der Waals surface area contributed by atoms with E-state index in [4.69, 9.17) is 0 Å². The summed E-state index contributed by atoms with van der Waals surface area (Å²) in [6.07, 6.45) is 6.84. The van der Waals surface area contributed by atoms with Crippen molar-refractivity contribution in [2.24, 2.45) is 4.99 Å². The van der Waals surface area contributed by atoms with Crippen molar-refractivity contribution in [3.05, 3.63) is 47.5 Å². The number of hydrogen-bond donors (Lipinski definition) is 1. The Morgan fingerprint density at radius 3 is 2.85 bits per heavy atom. The third-order valence-corrected chi connectivity index (χ3v) is 4.88. The van der Waals surface area contributed by atoms with E-state index in [2.05, 4.69) is 61.3 Å². The molecule has 6 heteroatoms. The monoisotopic (exact) mass is 354 g/mol. The third-order valence-electron chi connectivity index (χ3n) is 4.88. The number of aliphatic imine (C=N–C) groups is 1. The van der Waals surface area contributed by atoms with Gasteiger partial charge in [0.1, 0.15) is 11.6 Å². The number of nitrogens with one attached hydrogen (secondary N) is 1. The first kappa shape index (κ1) is 18.4. The van der Waals surface area contributed by atoms with Crippen LogP contribution in [-0.4, -0.2) is 46.3 Å². The molecule has 1 aromatic carbocycles. The van der Waals surface area contributed by atoms with Gasteiger partial charge in [-0.05, 0) is 24.8 Å². The lowest BCUT2D eigenvalue weighted by Crippen LogP contribution is -2.39. The van der Waals surface area contributed by atoms with E-state index in [1.165, 1.54) is 30.7 Å². The minimum absolute atomic E-state index is 0.845. The van der Waals surface area contributed by atoms with Crippen LogP contribution < -0.4 is 5.32 Å². The maximum Gasteiger partial charge on any atom is 0.193 e. The molecule has 0 saturated heterocycles. The third kappa shape index (κ3) is 4.84. The predicted molar refractivity (Wildman–Crippen MR) is 105 cm³/mol. The highest BCUT2D eigenvalue weighted by Crippen LogP contribution is 2.15. The topological polar surface area (TPSA) is 58.3 Å². The van der Waals surface area contributed by atoms with E-state index in [-0.39, 0.29) is 0 Å². The van der Waals surface area contributed by atoms with Crippen LogP contribution in [0.25, 0.3) is 0 Å². The smallest absolute Gasteiger partial charge is 0.193 e. The Morgan fingerprint density at radius 2 is 2.04 bits per heavy atom. The molecular weight excluding hydrogens is 324 g/mol. The Labute approximate surface area is 156 Å². The second kappa shape index (κ2) is 9.36. The lowest BCUT2D eigenvalue weighted by molar-refractivity contribution is 0.475. The van der Waals surface area contributed by atoms with Crippen LogP contribution in [-0.2, 0) is 25.9 Å². The number of fused-ring (bicyclic) bond motifs is 1. The van der Waals surface area contributed by atoms with Gasteiger partial charge in [0.25, 0.3) is 0 Å². The van der Waals surface area contributed by atoms with E-state index in [9.17, 15) is 0 Å². The number of guanidine groups is 1. The summed E-state index contributed by atoms with van der Waals surface area (Å²) >= 11 is 0. The second-order valence-electron chi connectivity index (χ2n) is 6.91. The van der Waals surface area contributed by atoms with Crippen molar-refractivity contribution in [1.29, 1.82) is 0 Å². The highest BCUT2D eigenvalue weighted by Gasteiger charge is 2.14. The summed E-state index contributed by atoms with van der Waals surface area (Å²) in [5.74, 6) is 3.23. The zero-order chi connectivity index (χ0) is 18.2. The first-order valence-corrected chi connectivity index (χ1v) is 9.64. The van der Waals surface area contributed by atoms with Gasteiger partial charge in [0.15, 0.2) is 5.96 Å². The van der Waals surface area contributed by atoms with Crippen molar-refractivity contribution in [3.8, 4) is 0 Å². The largest absolute Gasteiger partial charge is 0.356 e. The Balaban J connectivity index is 1.45. The number of rotatable bonds is 6. The molecule has 140 valence electrons. The van der Waals surface area contributed by atoms with E-state index in [1.54, 1.807) is 0 Å². The standard InChI is InChI=1S/C20H30N6/c1-21-20(25(2)16-17-10-5-3-6-11-17)22-14-9-13-19-24-23-18-12-7-4-8-15-26(18)19/h3,5-6,10-11H,4,7-9,12-16H2,1-2H3,(H,21,22). The number of hydrogen-bond acceptors (Lipinski definition) is 3. The van der Waals surface area contributed by atoms with Gasteiger partial charge < -0.3 is 14.8 Å². The maximum atomic E-state index is 4.41. The Bertz CT molecular complexity index is 706. The van der Waals surface area contributed by atoms with Gasteiger partial charge in [-0.15, -0.1) is 10.2 Å². The van der Waals surface area contributed by atoms with Gasteiger partial charge in [0.05, 0.1) is 0 Å². The highest BCUT2D eigenvalue weighted by atomic mass is 15.3. The van der Waals surface area contributed by atoms with E-state index in [1.807, 2.05) is 13.1 Å². The molecule has 0 unspecified atom stereocenters. The minimum Gasteiger partial charge on any atom is -0.356 e.